The molecule has 0 bridgehead atoms. The van der Waals surface area contributed by atoms with Gasteiger partial charge in [-0.2, -0.15) is 0 Å². The van der Waals surface area contributed by atoms with Gasteiger partial charge < -0.3 is 20.4 Å². The Hall–Kier alpha value is -3.87. The minimum absolute atomic E-state index is 0.0790. The Morgan fingerprint density at radius 2 is 1.67 bits per heavy atom. The van der Waals surface area contributed by atoms with E-state index < -0.39 is 5.91 Å². The summed E-state index contributed by atoms with van der Waals surface area (Å²) in [6, 6.07) is 14.1. The van der Waals surface area contributed by atoms with Crippen LogP contribution in [0.2, 0.25) is 0 Å². The Bertz CT molecular complexity index is 1050. The van der Waals surface area contributed by atoms with Gasteiger partial charge >= 0.3 is 6.03 Å². The molecule has 3 amide bonds. The van der Waals surface area contributed by atoms with E-state index in [1.807, 2.05) is 0 Å². The number of nitrogens with one attached hydrogen (secondary N) is 3. The Kier molecular flexibility index (Phi) is 5.32. The van der Waals surface area contributed by atoms with E-state index in [4.69, 9.17) is 4.42 Å². The van der Waals surface area contributed by atoms with E-state index in [1.165, 1.54) is 0 Å². The summed E-state index contributed by atoms with van der Waals surface area (Å²) in [5.74, 6) is -0.619. The van der Waals surface area contributed by atoms with Gasteiger partial charge in [0.15, 0.2) is 11.2 Å². The second-order valence-electron chi connectivity index (χ2n) is 5.63. The molecule has 0 fully saturated rings. The zero-order valence-corrected chi connectivity index (χ0v) is 14.3. The number of hydrogen-bond acceptors (Lipinski definition) is 4. The standard InChI is InChI=1S/C20H17N3O4/c1-2-11-21-20(26)23-14-9-7-13(8-10-14)22-19(25)18-12-16(24)15-5-3-4-6-17(15)27-18/h2-10,12H,1,11H2,(H,22,25)(H2,21,23,26). The normalized spacial score (nSPS) is 10.2. The minimum atomic E-state index is -0.540. The maximum absolute atomic E-state index is 12.4. The van der Waals surface area contributed by atoms with Gasteiger partial charge in [-0.25, -0.2) is 4.79 Å². The van der Waals surface area contributed by atoms with Crippen molar-refractivity contribution in [2.45, 2.75) is 0 Å². The third kappa shape index (κ3) is 4.40. The van der Waals surface area contributed by atoms with Gasteiger partial charge in [0.1, 0.15) is 5.58 Å². The number of anilines is 2. The lowest BCUT2D eigenvalue weighted by Crippen LogP contribution is -2.28. The average molecular weight is 363 g/mol. The smallest absolute Gasteiger partial charge is 0.319 e. The zero-order valence-electron chi connectivity index (χ0n) is 14.3. The van der Waals surface area contributed by atoms with Gasteiger partial charge in [0.2, 0.25) is 0 Å². The highest BCUT2D eigenvalue weighted by atomic mass is 16.3. The number of para-hydroxylation sites is 1. The van der Waals surface area contributed by atoms with E-state index in [2.05, 4.69) is 22.5 Å². The van der Waals surface area contributed by atoms with Crippen molar-refractivity contribution in [3.8, 4) is 0 Å². The molecule has 3 aromatic rings. The van der Waals surface area contributed by atoms with Crippen LogP contribution in [0.5, 0.6) is 0 Å². The van der Waals surface area contributed by atoms with Crippen LogP contribution in [-0.2, 0) is 0 Å². The molecule has 0 unspecified atom stereocenters. The third-order valence-electron chi connectivity index (χ3n) is 3.67. The van der Waals surface area contributed by atoms with Crippen molar-refractivity contribution in [1.82, 2.24) is 5.32 Å². The molecule has 0 aliphatic carbocycles. The Morgan fingerprint density at radius 3 is 2.37 bits per heavy atom. The lowest BCUT2D eigenvalue weighted by molar-refractivity contribution is 0.0997. The predicted octanol–water partition coefficient (Wildman–Crippen LogP) is 3.35. The Morgan fingerprint density at radius 1 is 1.00 bits per heavy atom. The molecular formula is C20H17N3O4. The molecule has 0 saturated heterocycles. The number of rotatable bonds is 5. The molecule has 7 heteroatoms. The van der Waals surface area contributed by atoms with Gasteiger partial charge in [0.05, 0.1) is 5.39 Å². The van der Waals surface area contributed by atoms with E-state index in [0.717, 1.165) is 6.07 Å². The molecule has 0 spiro atoms. The maximum atomic E-state index is 12.4. The van der Waals surface area contributed by atoms with E-state index in [9.17, 15) is 14.4 Å². The molecule has 1 heterocycles. The van der Waals surface area contributed by atoms with Crippen LogP contribution in [0.4, 0.5) is 16.2 Å². The van der Waals surface area contributed by atoms with Crippen LogP contribution in [0, 0.1) is 0 Å². The molecule has 136 valence electrons. The van der Waals surface area contributed by atoms with Gasteiger partial charge in [-0.3, -0.25) is 9.59 Å². The topological polar surface area (TPSA) is 100 Å². The van der Waals surface area contributed by atoms with Crippen LogP contribution in [0.1, 0.15) is 10.6 Å². The lowest BCUT2D eigenvalue weighted by Gasteiger charge is -2.08. The van der Waals surface area contributed by atoms with E-state index in [0.29, 0.717) is 28.9 Å². The molecule has 3 N–H and O–H groups in total. The quantitative estimate of drug-likeness (QED) is 0.605. The summed E-state index contributed by atoms with van der Waals surface area (Å²) >= 11 is 0. The number of hydrogen-bond donors (Lipinski definition) is 3. The molecule has 3 rings (SSSR count). The minimum Gasteiger partial charge on any atom is -0.451 e. The first-order valence-electron chi connectivity index (χ1n) is 8.17. The summed E-state index contributed by atoms with van der Waals surface area (Å²) in [4.78, 5) is 36.0. The van der Waals surface area contributed by atoms with Crippen LogP contribution in [-0.4, -0.2) is 18.5 Å². The number of amides is 3. The molecule has 27 heavy (non-hydrogen) atoms. The van der Waals surface area contributed by atoms with Crippen LogP contribution in [0.3, 0.4) is 0 Å². The van der Waals surface area contributed by atoms with Crippen LogP contribution >= 0.6 is 0 Å². The highest BCUT2D eigenvalue weighted by Gasteiger charge is 2.12. The highest BCUT2D eigenvalue weighted by molar-refractivity contribution is 6.03. The predicted molar refractivity (Wildman–Crippen MR) is 104 cm³/mol. The average Bonchev–Trinajstić information content (AvgIpc) is 2.68. The fourth-order valence-corrected chi connectivity index (χ4v) is 2.39. The van der Waals surface area contributed by atoms with Crippen molar-refractivity contribution in [2.75, 3.05) is 17.2 Å². The van der Waals surface area contributed by atoms with Gasteiger partial charge in [-0.05, 0) is 36.4 Å². The fraction of sp³-hybridized carbons (Fsp3) is 0.0500. The van der Waals surface area contributed by atoms with Crippen LogP contribution in [0.15, 0.2) is 76.5 Å². The van der Waals surface area contributed by atoms with E-state index in [-0.39, 0.29) is 17.2 Å². The third-order valence-corrected chi connectivity index (χ3v) is 3.67. The fourth-order valence-electron chi connectivity index (χ4n) is 2.39. The molecule has 0 radical (unpaired) electrons. The molecule has 0 saturated carbocycles. The largest absolute Gasteiger partial charge is 0.451 e. The number of fused-ring (bicyclic) bond motifs is 1. The molecule has 2 aromatic carbocycles. The van der Waals surface area contributed by atoms with Gasteiger partial charge in [-0.15, -0.1) is 6.58 Å². The van der Waals surface area contributed by atoms with Gasteiger partial charge in [0, 0.05) is 24.0 Å². The molecular weight excluding hydrogens is 346 g/mol. The summed E-state index contributed by atoms with van der Waals surface area (Å²) < 4.78 is 5.51. The second-order valence-corrected chi connectivity index (χ2v) is 5.63. The van der Waals surface area contributed by atoms with Gasteiger partial charge in [-0.1, -0.05) is 18.2 Å². The van der Waals surface area contributed by atoms with Crippen molar-refractivity contribution in [2.24, 2.45) is 0 Å². The molecule has 7 nitrogen and oxygen atoms in total. The van der Waals surface area contributed by atoms with Crippen molar-refractivity contribution < 1.29 is 14.0 Å². The first kappa shape index (κ1) is 17.9. The SMILES string of the molecule is C=CCNC(=O)Nc1ccc(NC(=O)c2cc(=O)c3ccccc3o2)cc1. The lowest BCUT2D eigenvalue weighted by atomic mass is 10.2. The number of carbonyl (C=O) groups excluding carboxylic acids is 2. The number of urea groups is 1. The summed E-state index contributed by atoms with van der Waals surface area (Å²) in [5, 5.41) is 8.30. The summed E-state index contributed by atoms with van der Waals surface area (Å²) in [6.45, 7) is 3.87. The summed E-state index contributed by atoms with van der Waals surface area (Å²) in [7, 11) is 0. The van der Waals surface area contributed by atoms with E-state index in [1.54, 1.807) is 54.6 Å². The number of benzene rings is 2. The second kappa shape index (κ2) is 8.01. The molecule has 0 aliphatic heterocycles. The van der Waals surface area contributed by atoms with Crippen molar-refractivity contribution in [3.63, 3.8) is 0 Å². The van der Waals surface area contributed by atoms with E-state index >= 15 is 0 Å². The Balaban J connectivity index is 1.70. The van der Waals surface area contributed by atoms with Crippen LogP contribution in [0.25, 0.3) is 11.0 Å². The summed E-state index contributed by atoms with van der Waals surface area (Å²) in [6.07, 6.45) is 1.57. The first-order valence-corrected chi connectivity index (χ1v) is 8.17. The maximum Gasteiger partial charge on any atom is 0.319 e. The monoisotopic (exact) mass is 363 g/mol. The molecule has 0 atom stereocenters. The van der Waals surface area contributed by atoms with Crippen molar-refractivity contribution in [3.05, 3.63) is 83.2 Å². The molecule has 1 aromatic heterocycles. The Labute approximate surface area is 154 Å². The van der Waals surface area contributed by atoms with Crippen molar-refractivity contribution >= 4 is 34.3 Å². The highest BCUT2D eigenvalue weighted by Crippen LogP contribution is 2.16. The summed E-state index contributed by atoms with van der Waals surface area (Å²) in [5.41, 5.74) is 1.12. The number of carbonyl (C=O) groups is 2. The first-order chi connectivity index (χ1) is 13.1. The zero-order chi connectivity index (χ0) is 19.2. The van der Waals surface area contributed by atoms with Crippen LogP contribution < -0.4 is 21.4 Å². The van der Waals surface area contributed by atoms with Crippen molar-refractivity contribution in [1.29, 1.82) is 0 Å². The van der Waals surface area contributed by atoms with Gasteiger partial charge in [0.25, 0.3) is 5.91 Å². The molecule has 0 aliphatic rings.